The standard InChI is InChI=1S/C17H19BFN3O3/c1-16(2)17(3,4)25-18(24-16)12-9-11(19)5-6-13(12)22-15(23)14-7-8-20-10-21-14/h5-10H,1-4H3,(H,22,23). The molecule has 0 bridgehead atoms. The number of anilines is 1. The van der Waals surface area contributed by atoms with E-state index in [1.165, 1.54) is 36.8 Å². The average molecular weight is 343 g/mol. The second-order valence-corrected chi connectivity index (χ2v) is 6.87. The number of halogens is 1. The third-order valence-corrected chi connectivity index (χ3v) is 4.58. The lowest BCUT2D eigenvalue weighted by atomic mass is 9.77. The molecule has 1 saturated heterocycles. The Labute approximate surface area is 145 Å². The maximum absolute atomic E-state index is 13.8. The minimum absolute atomic E-state index is 0.208. The number of nitrogens with one attached hydrogen (secondary N) is 1. The lowest BCUT2D eigenvalue weighted by molar-refractivity contribution is 0.00578. The summed E-state index contributed by atoms with van der Waals surface area (Å²) in [5, 5.41) is 2.73. The molecule has 6 nitrogen and oxygen atoms in total. The quantitative estimate of drug-likeness (QED) is 0.865. The molecule has 0 spiro atoms. The number of amides is 1. The zero-order chi connectivity index (χ0) is 18.2. The van der Waals surface area contributed by atoms with Crippen LogP contribution in [-0.2, 0) is 9.31 Å². The zero-order valence-electron chi connectivity index (χ0n) is 14.5. The predicted octanol–water partition coefficient (Wildman–Crippen LogP) is 2.17. The van der Waals surface area contributed by atoms with Gasteiger partial charge in [-0.3, -0.25) is 4.79 Å². The van der Waals surface area contributed by atoms with Crippen LogP contribution >= 0.6 is 0 Å². The Balaban J connectivity index is 1.91. The molecule has 0 atom stereocenters. The number of nitrogens with zero attached hydrogens (tertiary/aromatic N) is 2. The first-order chi connectivity index (χ1) is 11.7. The summed E-state index contributed by atoms with van der Waals surface area (Å²) in [6.45, 7) is 7.63. The molecule has 1 amide bonds. The van der Waals surface area contributed by atoms with Gasteiger partial charge in [-0.25, -0.2) is 14.4 Å². The molecule has 0 unspecified atom stereocenters. The van der Waals surface area contributed by atoms with Crippen LogP contribution in [0, 0.1) is 5.82 Å². The van der Waals surface area contributed by atoms with Gasteiger partial charge >= 0.3 is 7.12 Å². The number of hydrogen-bond donors (Lipinski definition) is 1. The predicted molar refractivity (Wildman–Crippen MR) is 92.1 cm³/mol. The summed E-state index contributed by atoms with van der Waals surface area (Å²) in [7, 11) is -0.790. The van der Waals surface area contributed by atoms with Crippen molar-refractivity contribution >= 4 is 24.2 Å². The molecule has 3 rings (SSSR count). The van der Waals surface area contributed by atoms with E-state index < -0.39 is 30.0 Å². The van der Waals surface area contributed by atoms with Crippen LogP contribution in [0.15, 0.2) is 36.8 Å². The summed E-state index contributed by atoms with van der Waals surface area (Å²) in [4.78, 5) is 20.0. The first-order valence-corrected chi connectivity index (χ1v) is 7.92. The maximum Gasteiger partial charge on any atom is 0.497 e. The number of carbonyl (C=O) groups excluding carboxylic acids is 1. The highest BCUT2D eigenvalue weighted by Crippen LogP contribution is 2.37. The largest absolute Gasteiger partial charge is 0.497 e. The van der Waals surface area contributed by atoms with Crippen molar-refractivity contribution in [3.05, 3.63) is 48.3 Å². The van der Waals surface area contributed by atoms with Gasteiger partial charge in [0.2, 0.25) is 0 Å². The van der Waals surface area contributed by atoms with Crippen molar-refractivity contribution in [2.45, 2.75) is 38.9 Å². The smallest absolute Gasteiger partial charge is 0.399 e. The van der Waals surface area contributed by atoms with Gasteiger partial charge < -0.3 is 14.6 Å². The third-order valence-electron chi connectivity index (χ3n) is 4.58. The first kappa shape index (κ1) is 17.5. The Hall–Kier alpha value is -2.32. The molecule has 0 aliphatic carbocycles. The Morgan fingerprint density at radius 2 is 1.84 bits per heavy atom. The summed E-state index contributed by atoms with van der Waals surface area (Å²) in [6, 6.07) is 5.55. The highest BCUT2D eigenvalue weighted by atomic mass is 19.1. The number of benzene rings is 1. The Bertz CT molecular complexity index is 783. The van der Waals surface area contributed by atoms with E-state index in [-0.39, 0.29) is 5.69 Å². The van der Waals surface area contributed by atoms with Crippen molar-refractivity contribution in [1.29, 1.82) is 0 Å². The van der Waals surface area contributed by atoms with Crippen LogP contribution in [0.5, 0.6) is 0 Å². The second kappa shape index (κ2) is 6.20. The molecule has 0 radical (unpaired) electrons. The molecule has 25 heavy (non-hydrogen) atoms. The molecule has 1 aromatic carbocycles. The summed E-state index contributed by atoms with van der Waals surface area (Å²) in [6.07, 6.45) is 2.76. The van der Waals surface area contributed by atoms with E-state index in [0.29, 0.717) is 11.2 Å². The van der Waals surface area contributed by atoms with Gasteiger partial charge in [0, 0.05) is 17.3 Å². The Morgan fingerprint density at radius 3 is 2.44 bits per heavy atom. The van der Waals surface area contributed by atoms with E-state index in [9.17, 15) is 9.18 Å². The van der Waals surface area contributed by atoms with Crippen molar-refractivity contribution in [1.82, 2.24) is 9.97 Å². The van der Waals surface area contributed by atoms with E-state index >= 15 is 0 Å². The molecule has 130 valence electrons. The van der Waals surface area contributed by atoms with Crippen molar-refractivity contribution in [2.75, 3.05) is 5.32 Å². The number of hydrogen-bond acceptors (Lipinski definition) is 5. The molecule has 1 aliphatic rings. The van der Waals surface area contributed by atoms with Crippen molar-refractivity contribution < 1.29 is 18.5 Å². The molecule has 8 heteroatoms. The summed E-state index contributed by atoms with van der Waals surface area (Å²) < 4.78 is 25.7. The fourth-order valence-corrected chi connectivity index (χ4v) is 2.42. The molecule has 2 aromatic rings. The maximum atomic E-state index is 13.8. The number of carbonyl (C=O) groups is 1. The Morgan fingerprint density at radius 1 is 1.16 bits per heavy atom. The first-order valence-electron chi connectivity index (χ1n) is 7.92. The lowest BCUT2D eigenvalue weighted by Crippen LogP contribution is -2.41. The molecule has 1 aromatic heterocycles. The van der Waals surface area contributed by atoms with Crippen molar-refractivity contribution in [3.8, 4) is 0 Å². The van der Waals surface area contributed by atoms with E-state index in [1.54, 1.807) is 0 Å². The minimum atomic E-state index is -0.790. The topological polar surface area (TPSA) is 73.3 Å². The Kier molecular flexibility index (Phi) is 4.34. The highest BCUT2D eigenvalue weighted by molar-refractivity contribution is 6.64. The van der Waals surface area contributed by atoms with E-state index in [2.05, 4.69) is 15.3 Å². The number of aromatic nitrogens is 2. The summed E-state index contributed by atoms with van der Waals surface area (Å²) in [5.74, 6) is -0.864. The van der Waals surface area contributed by atoms with Crippen LogP contribution < -0.4 is 10.8 Å². The third kappa shape index (κ3) is 3.40. The van der Waals surface area contributed by atoms with E-state index in [0.717, 1.165) is 0 Å². The van der Waals surface area contributed by atoms with Crippen molar-refractivity contribution in [3.63, 3.8) is 0 Å². The molecule has 1 fully saturated rings. The van der Waals surface area contributed by atoms with Gasteiger partial charge in [-0.2, -0.15) is 0 Å². The van der Waals surface area contributed by atoms with Crippen molar-refractivity contribution in [2.24, 2.45) is 0 Å². The zero-order valence-corrected chi connectivity index (χ0v) is 14.5. The van der Waals surface area contributed by atoms with Gasteiger partial charge in [-0.1, -0.05) is 0 Å². The molecule has 2 heterocycles. The molecule has 1 N–H and O–H groups in total. The average Bonchev–Trinajstić information content (AvgIpc) is 2.78. The molecular formula is C17H19BFN3O3. The summed E-state index contributed by atoms with van der Waals surface area (Å²) >= 11 is 0. The SMILES string of the molecule is CC1(C)OB(c2cc(F)ccc2NC(=O)c2ccncn2)OC1(C)C. The van der Waals surface area contributed by atoms with Crippen LogP contribution in [-0.4, -0.2) is 34.2 Å². The highest BCUT2D eigenvalue weighted by Gasteiger charge is 2.52. The molecular weight excluding hydrogens is 324 g/mol. The second-order valence-electron chi connectivity index (χ2n) is 6.87. The lowest BCUT2D eigenvalue weighted by Gasteiger charge is -2.32. The molecule has 1 aliphatic heterocycles. The molecule has 0 saturated carbocycles. The fourth-order valence-electron chi connectivity index (χ4n) is 2.42. The van der Waals surface area contributed by atoms with Gasteiger partial charge in [-0.15, -0.1) is 0 Å². The van der Waals surface area contributed by atoms with E-state index in [1.807, 2.05) is 27.7 Å². The normalized spacial score (nSPS) is 18.2. The van der Waals surface area contributed by atoms with Gasteiger partial charge in [0.1, 0.15) is 17.8 Å². The van der Waals surface area contributed by atoms with Gasteiger partial charge in [0.15, 0.2) is 0 Å². The van der Waals surface area contributed by atoms with Gasteiger partial charge in [0.25, 0.3) is 5.91 Å². The van der Waals surface area contributed by atoms with Crippen LogP contribution in [0.4, 0.5) is 10.1 Å². The monoisotopic (exact) mass is 343 g/mol. The summed E-state index contributed by atoms with van der Waals surface area (Å²) in [5.41, 5.74) is -0.112. The minimum Gasteiger partial charge on any atom is -0.399 e. The van der Waals surface area contributed by atoms with Crippen LogP contribution in [0.2, 0.25) is 0 Å². The van der Waals surface area contributed by atoms with Crippen LogP contribution in [0.1, 0.15) is 38.2 Å². The number of rotatable bonds is 3. The van der Waals surface area contributed by atoms with Crippen LogP contribution in [0.3, 0.4) is 0 Å². The van der Waals surface area contributed by atoms with Gasteiger partial charge in [-0.05, 0) is 52.0 Å². The fraction of sp³-hybridized carbons (Fsp3) is 0.353. The van der Waals surface area contributed by atoms with Gasteiger partial charge in [0.05, 0.1) is 11.2 Å². The van der Waals surface area contributed by atoms with Crippen LogP contribution in [0.25, 0.3) is 0 Å². The van der Waals surface area contributed by atoms with E-state index in [4.69, 9.17) is 9.31 Å².